The van der Waals surface area contributed by atoms with Gasteiger partial charge in [-0.3, -0.25) is 0 Å². The number of carbonyl (C=O) groups is 1. The molecule has 0 saturated carbocycles. The third-order valence-electron chi connectivity index (χ3n) is 3.04. The van der Waals surface area contributed by atoms with Gasteiger partial charge in [-0.1, -0.05) is 41.9 Å². The first-order chi connectivity index (χ1) is 10.7. The molecule has 0 fully saturated rings. The van der Waals surface area contributed by atoms with Crippen molar-refractivity contribution >= 4 is 28.7 Å². The fraction of sp³-hybridized carbons (Fsp3) is 0.125. The molecule has 1 aromatic carbocycles. The first-order valence-corrected chi connectivity index (χ1v) is 7.12. The molecule has 0 aliphatic rings. The van der Waals surface area contributed by atoms with Crippen molar-refractivity contribution in [1.29, 1.82) is 0 Å². The highest BCUT2D eigenvalue weighted by Gasteiger charge is 2.13. The zero-order chi connectivity index (χ0) is 15.5. The van der Waals surface area contributed by atoms with Gasteiger partial charge in [-0.2, -0.15) is 0 Å². The van der Waals surface area contributed by atoms with Gasteiger partial charge >= 0.3 is 5.97 Å². The molecular formula is C16H12ClN3O2. The Balaban J connectivity index is 2.08. The molecule has 0 bridgehead atoms. The van der Waals surface area contributed by atoms with E-state index in [1.165, 1.54) is 6.20 Å². The molecule has 6 heteroatoms. The van der Waals surface area contributed by atoms with Crippen LogP contribution in [-0.2, 0) is 4.74 Å². The number of rotatable bonds is 3. The van der Waals surface area contributed by atoms with Crippen molar-refractivity contribution in [3.05, 3.63) is 53.3 Å². The molecular weight excluding hydrogens is 302 g/mol. The Bertz CT molecular complexity index is 837. The summed E-state index contributed by atoms with van der Waals surface area (Å²) >= 11 is 6.21. The summed E-state index contributed by atoms with van der Waals surface area (Å²) in [5.74, 6) is -0.443. The van der Waals surface area contributed by atoms with E-state index in [0.717, 1.165) is 5.56 Å². The van der Waals surface area contributed by atoms with Crippen molar-refractivity contribution in [3.63, 3.8) is 0 Å². The summed E-state index contributed by atoms with van der Waals surface area (Å²) < 4.78 is 4.94. The second-order valence-electron chi connectivity index (χ2n) is 4.52. The first kappa shape index (κ1) is 14.4. The topological polar surface area (TPSA) is 65.0 Å². The number of esters is 1. The van der Waals surface area contributed by atoms with Gasteiger partial charge in [0.15, 0.2) is 10.8 Å². The van der Waals surface area contributed by atoms with Gasteiger partial charge in [0, 0.05) is 11.8 Å². The van der Waals surface area contributed by atoms with E-state index in [0.29, 0.717) is 29.0 Å². The number of pyridine rings is 1. The third kappa shape index (κ3) is 2.76. The zero-order valence-corrected chi connectivity index (χ0v) is 12.5. The standard InChI is InChI=1S/C16H12ClN3O2/c1-2-22-16(21)11-8-12-15(18-9-11)20-13(14(17)19-12)10-6-4-3-5-7-10/h3-9H,2H2,1H3. The molecule has 110 valence electrons. The molecule has 2 aromatic heterocycles. The van der Waals surface area contributed by atoms with Gasteiger partial charge in [-0.15, -0.1) is 0 Å². The van der Waals surface area contributed by atoms with E-state index in [1.807, 2.05) is 30.3 Å². The molecule has 0 amide bonds. The average Bonchev–Trinajstić information content (AvgIpc) is 2.54. The molecule has 0 aliphatic heterocycles. The number of fused-ring (bicyclic) bond motifs is 1. The van der Waals surface area contributed by atoms with Crippen LogP contribution in [0.4, 0.5) is 0 Å². The summed E-state index contributed by atoms with van der Waals surface area (Å²) in [6, 6.07) is 11.1. The molecule has 3 rings (SSSR count). The summed E-state index contributed by atoms with van der Waals surface area (Å²) in [5, 5.41) is 0.265. The lowest BCUT2D eigenvalue weighted by Crippen LogP contribution is -2.06. The number of benzene rings is 1. The normalized spacial score (nSPS) is 10.6. The van der Waals surface area contributed by atoms with Gasteiger partial charge < -0.3 is 4.74 Å². The Kier molecular flexibility index (Phi) is 3.98. The molecule has 5 nitrogen and oxygen atoms in total. The lowest BCUT2D eigenvalue weighted by molar-refractivity contribution is 0.0526. The molecule has 0 unspecified atom stereocenters. The summed E-state index contributed by atoms with van der Waals surface area (Å²) in [6.07, 6.45) is 1.43. The Hall–Kier alpha value is -2.53. The number of ether oxygens (including phenoxy) is 1. The zero-order valence-electron chi connectivity index (χ0n) is 11.8. The Morgan fingerprint density at radius 3 is 2.73 bits per heavy atom. The van der Waals surface area contributed by atoms with Crippen LogP contribution in [0.2, 0.25) is 5.15 Å². The quantitative estimate of drug-likeness (QED) is 0.692. The van der Waals surface area contributed by atoms with E-state index in [1.54, 1.807) is 13.0 Å². The summed E-state index contributed by atoms with van der Waals surface area (Å²) in [4.78, 5) is 24.6. The molecule has 0 atom stereocenters. The van der Waals surface area contributed by atoms with Gasteiger partial charge in [0.05, 0.1) is 12.2 Å². The van der Waals surface area contributed by atoms with Crippen LogP contribution in [0.5, 0.6) is 0 Å². The number of hydrogen-bond acceptors (Lipinski definition) is 5. The molecule has 2 heterocycles. The fourth-order valence-electron chi connectivity index (χ4n) is 2.03. The molecule has 0 N–H and O–H groups in total. The Morgan fingerprint density at radius 1 is 1.23 bits per heavy atom. The summed E-state index contributed by atoms with van der Waals surface area (Å²) in [7, 11) is 0. The van der Waals surface area contributed by atoms with Crippen LogP contribution in [0.1, 0.15) is 17.3 Å². The van der Waals surface area contributed by atoms with Crippen LogP contribution >= 0.6 is 11.6 Å². The number of hydrogen-bond donors (Lipinski definition) is 0. The number of nitrogens with zero attached hydrogens (tertiary/aromatic N) is 3. The lowest BCUT2D eigenvalue weighted by atomic mass is 10.1. The first-order valence-electron chi connectivity index (χ1n) is 6.75. The van der Waals surface area contributed by atoms with Crippen LogP contribution in [-0.4, -0.2) is 27.5 Å². The van der Waals surface area contributed by atoms with Crippen LogP contribution in [0.3, 0.4) is 0 Å². The smallest absolute Gasteiger partial charge is 0.339 e. The number of aromatic nitrogens is 3. The molecule has 22 heavy (non-hydrogen) atoms. The van der Waals surface area contributed by atoms with E-state index < -0.39 is 5.97 Å². The van der Waals surface area contributed by atoms with Gasteiger partial charge in [0.2, 0.25) is 0 Å². The molecule has 3 aromatic rings. The van der Waals surface area contributed by atoms with E-state index in [-0.39, 0.29) is 5.15 Å². The number of carbonyl (C=O) groups excluding carboxylic acids is 1. The van der Waals surface area contributed by atoms with Crippen LogP contribution in [0, 0.1) is 0 Å². The van der Waals surface area contributed by atoms with E-state index >= 15 is 0 Å². The number of halogens is 1. The Morgan fingerprint density at radius 2 is 2.00 bits per heavy atom. The van der Waals surface area contributed by atoms with Crippen LogP contribution in [0.15, 0.2) is 42.6 Å². The van der Waals surface area contributed by atoms with E-state index in [2.05, 4.69) is 15.0 Å². The van der Waals surface area contributed by atoms with Gasteiger partial charge in [-0.25, -0.2) is 19.7 Å². The lowest BCUT2D eigenvalue weighted by Gasteiger charge is -2.06. The second-order valence-corrected chi connectivity index (χ2v) is 4.87. The average molecular weight is 314 g/mol. The Labute approximate surface area is 132 Å². The highest BCUT2D eigenvalue weighted by atomic mass is 35.5. The summed E-state index contributed by atoms with van der Waals surface area (Å²) in [5.41, 5.74) is 2.63. The maximum atomic E-state index is 11.7. The molecule has 0 saturated heterocycles. The minimum atomic E-state index is -0.443. The van der Waals surface area contributed by atoms with Gasteiger partial charge in [0.1, 0.15) is 11.2 Å². The maximum absolute atomic E-state index is 11.7. The highest BCUT2D eigenvalue weighted by molar-refractivity contribution is 6.32. The van der Waals surface area contributed by atoms with Crippen molar-refractivity contribution in [2.24, 2.45) is 0 Å². The predicted molar refractivity (Wildman–Crippen MR) is 83.7 cm³/mol. The fourth-order valence-corrected chi connectivity index (χ4v) is 2.27. The summed E-state index contributed by atoms with van der Waals surface area (Å²) in [6.45, 7) is 2.05. The van der Waals surface area contributed by atoms with E-state index in [9.17, 15) is 4.79 Å². The largest absolute Gasteiger partial charge is 0.462 e. The van der Waals surface area contributed by atoms with Gasteiger partial charge in [-0.05, 0) is 13.0 Å². The van der Waals surface area contributed by atoms with Gasteiger partial charge in [0.25, 0.3) is 0 Å². The predicted octanol–water partition coefficient (Wildman–Crippen LogP) is 3.52. The van der Waals surface area contributed by atoms with Crippen molar-refractivity contribution in [1.82, 2.24) is 15.0 Å². The molecule has 0 spiro atoms. The monoisotopic (exact) mass is 313 g/mol. The van der Waals surface area contributed by atoms with Crippen molar-refractivity contribution in [2.45, 2.75) is 6.92 Å². The van der Waals surface area contributed by atoms with E-state index in [4.69, 9.17) is 16.3 Å². The maximum Gasteiger partial charge on any atom is 0.339 e. The molecule has 0 radical (unpaired) electrons. The van der Waals surface area contributed by atoms with Crippen LogP contribution < -0.4 is 0 Å². The van der Waals surface area contributed by atoms with Crippen molar-refractivity contribution in [2.75, 3.05) is 6.61 Å². The second kappa shape index (κ2) is 6.07. The van der Waals surface area contributed by atoms with Crippen molar-refractivity contribution in [3.8, 4) is 11.3 Å². The minimum absolute atomic E-state index is 0.265. The molecule has 0 aliphatic carbocycles. The van der Waals surface area contributed by atoms with Crippen molar-refractivity contribution < 1.29 is 9.53 Å². The SMILES string of the molecule is CCOC(=O)c1cnc2nc(-c3ccccc3)c(Cl)nc2c1. The van der Waals surface area contributed by atoms with Crippen LogP contribution in [0.25, 0.3) is 22.4 Å². The minimum Gasteiger partial charge on any atom is -0.462 e. The third-order valence-corrected chi connectivity index (χ3v) is 3.30. The highest BCUT2D eigenvalue weighted by Crippen LogP contribution is 2.26.